The van der Waals surface area contributed by atoms with E-state index in [-0.39, 0.29) is 11.8 Å². The molecule has 0 aliphatic carbocycles. The van der Waals surface area contributed by atoms with E-state index in [1.807, 2.05) is 20.8 Å². The van der Waals surface area contributed by atoms with Gasteiger partial charge in [-0.25, -0.2) is 4.79 Å². The number of benzene rings is 1. The third-order valence-electron chi connectivity index (χ3n) is 3.78. The van der Waals surface area contributed by atoms with Crippen molar-refractivity contribution in [2.75, 3.05) is 18.5 Å². The van der Waals surface area contributed by atoms with Gasteiger partial charge in [0.15, 0.2) is 0 Å². The van der Waals surface area contributed by atoms with E-state index in [0.29, 0.717) is 30.3 Å². The normalized spacial score (nSPS) is 17.4. The lowest BCUT2D eigenvalue weighted by molar-refractivity contribution is -0.120. The molecule has 0 bridgehead atoms. The smallest absolute Gasteiger partial charge is 0.410 e. The molecule has 2 rings (SSSR count). The zero-order chi connectivity index (χ0) is 17.0. The van der Waals surface area contributed by atoms with Crippen molar-refractivity contribution in [3.05, 3.63) is 28.8 Å². The first-order valence-electron chi connectivity index (χ1n) is 7.89. The minimum Gasteiger partial charge on any atom is -0.449 e. The summed E-state index contributed by atoms with van der Waals surface area (Å²) in [5, 5.41) is 3.51. The lowest BCUT2D eigenvalue weighted by Crippen LogP contribution is -2.43. The maximum atomic E-state index is 12.5. The van der Waals surface area contributed by atoms with Crippen LogP contribution in [0.3, 0.4) is 0 Å². The molecule has 1 aliphatic heterocycles. The molecule has 0 spiro atoms. The first kappa shape index (κ1) is 17.6. The molecule has 0 radical (unpaired) electrons. The quantitative estimate of drug-likeness (QED) is 0.907. The van der Waals surface area contributed by atoms with Crippen LogP contribution in [0.25, 0.3) is 0 Å². The Bertz CT molecular complexity index is 589. The van der Waals surface area contributed by atoms with Crippen LogP contribution in [0, 0.1) is 12.8 Å². The van der Waals surface area contributed by atoms with Gasteiger partial charge >= 0.3 is 6.09 Å². The largest absolute Gasteiger partial charge is 0.449 e. The Morgan fingerprint density at radius 2 is 2.17 bits per heavy atom. The molecule has 1 fully saturated rings. The fraction of sp³-hybridized carbons (Fsp3) is 0.529. The number of nitrogens with zero attached hydrogens (tertiary/aromatic N) is 1. The van der Waals surface area contributed by atoms with Gasteiger partial charge in [-0.15, -0.1) is 0 Å². The van der Waals surface area contributed by atoms with Crippen LogP contribution in [-0.4, -0.2) is 36.1 Å². The van der Waals surface area contributed by atoms with Crippen molar-refractivity contribution in [3.63, 3.8) is 0 Å². The Labute approximate surface area is 141 Å². The summed E-state index contributed by atoms with van der Waals surface area (Å²) in [6.07, 6.45) is 1.04. The molecule has 1 aromatic rings. The number of carbonyl (C=O) groups is 2. The van der Waals surface area contributed by atoms with Crippen molar-refractivity contribution in [3.8, 4) is 0 Å². The third-order valence-corrected chi connectivity index (χ3v) is 4.01. The van der Waals surface area contributed by atoms with E-state index in [9.17, 15) is 9.59 Å². The zero-order valence-corrected chi connectivity index (χ0v) is 14.5. The number of carbonyl (C=O) groups excluding carboxylic acids is 2. The van der Waals surface area contributed by atoms with Crippen LogP contribution in [0.1, 0.15) is 32.3 Å². The predicted molar refractivity (Wildman–Crippen MR) is 90.7 cm³/mol. The Kier molecular flexibility index (Phi) is 5.88. The van der Waals surface area contributed by atoms with Gasteiger partial charge in [0, 0.05) is 17.3 Å². The van der Waals surface area contributed by atoms with Crippen molar-refractivity contribution in [2.24, 2.45) is 5.92 Å². The van der Waals surface area contributed by atoms with E-state index in [1.165, 1.54) is 4.90 Å². The molecule has 6 heteroatoms. The van der Waals surface area contributed by atoms with Gasteiger partial charge in [-0.3, -0.25) is 9.69 Å². The van der Waals surface area contributed by atoms with Crippen molar-refractivity contribution < 1.29 is 14.3 Å². The molecule has 0 saturated carbocycles. The van der Waals surface area contributed by atoms with Crippen LogP contribution in [0.2, 0.25) is 5.02 Å². The number of hydrogen-bond acceptors (Lipinski definition) is 3. The number of nitrogens with one attached hydrogen (secondary N) is 1. The molecule has 1 aliphatic rings. The van der Waals surface area contributed by atoms with Crippen LogP contribution in [0.4, 0.5) is 10.5 Å². The number of amides is 2. The Morgan fingerprint density at radius 3 is 2.83 bits per heavy atom. The zero-order valence-electron chi connectivity index (χ0n) is 13.8. The molecule has 2 amide bonds. The van der Waals surface area contributed by atoms with Gasteiger partial charge in [0.05, 0.1) is 6.61 Å². The minimum absolute atomic E-state index is 0.186. The summed E-state index contributed by atoms with van der Waals surface area (Å²) in [4.78, 5) is 26.2. The second-order valence-corrected chi connectivity index (χ2v) is 6.71. The monoisotopic (exact) mass is 338 g/mol. The van der Waals surface area contributed by atoms with Crippen LogP contribution in [-0.2, 0) is 9.53 Å². The lowest BCUT2D eigenvalue weighted by atomic mass is 10.1. The topological polar surface area (TPSA) is 58.6 Å². The molecule has 5 nitrogen and oxygen atoms in total. The highest BCUT2D eigenvalue weighted by molar-refractivity contribution is 6.30. The summed E-state index contributed by atoms with van der Waals surface area (Å²) in [5.41, 5.74) is 1.60. The Hall–Kier alpha value is -1.75. The molecule has 1 aromatic carbocycles. The second kappa shape index (κ2) is 7.68. The maximum Gasteiger partial charge on any atom is 0.410 e. The number of aryl methyl sites for hydroxylation is 1. The van der Waals surface area contributed by atoms with E-state index in [0.717, 1.165) is 12.0 Å². The van der Waals surface area contributed by atoms with Crippen LogP contribution in [0.5, 0.6) is 0 Å². The predicted octanol–water partition coefficient (Wildman–Crippen LogP) is 3.84. The highest BCUT2D eigenvalue weighted by Gasteiger charge is 2.35. The summed E-state index contributed by atoms with van der Waals surface area (Å²) < 4.78 is 5.25. The third kappa shape index (κ3) is 4.61. The van der Waals surface area contributed by atoms with Gasteiger partial charge in [0.25, 0.3) is 0 Å². The standard InChI is InChI=1S/C17H23ClN2O3/c1-11(2)10-23-17(22)20-8-4-5-15(20)16(21)19-14-7-6-13(18)9-12(14)3/h6-7,9,11,15H,4-5,8,10H2,1-3H3,(H,19,21). The van der Waals surface area contributed by atoms with Crippen molar-refractivity contribution in [1.29, 1.82) is 0 Å². The average Bonchev–Trinajstić information content (AvgIpc) is 2.97. The number of hydrogen-bond donors (Lipinski definition) is 1. The summed E-state index contributed by atoms with van der Waals surface area (Å²) in [6, 6.07) is 4.81. The van der Waals surface area contributed by atoms with E-state index in [2.05, 4.69) is 5.32 Å². The van der Waals surface area contributed by atoms with Gasteiger partial charge in [0.1, 0.15) is 6.04 Å². The lowest BCUT2D eigenvalue weighted by Gasteiger charge is -2.24. The van der Waals surface area contributed by atoms with Gasteiger partial charge in [-0.05, 0) is 49.4 Å². The molecule has 1 unspecified atom stereocenters. The Balaban J connectivity index is 2.01. The van der Waals surface area contributed by atoms with Gasteiger partial charge in [-0.2, -0.15) is 0 Å². The fourth-order valence-corrected chi connectivity index (χ4v) is 2.79. The average molecular weight is 339 g/mol. The molecule has 0 aromatic heterocycles. The number of likely N-dealkylation sites (tertiary alicyclic amines) is 1. The number of halogens is 1. The summed E-state index contributed by atoms with van der Waals surface area (Å²) in [6.45, 7) is 6.74. The first-order valence-corrected chi connectivity index (χ1v) is 8.26. The molecule has 23 heavy (non-hydrogen) atoms. The van der Waals surface area contributed by atoms with Crippen LogP contribution < -0.4 is 5.32 Å². The van der Waals surface area contributed by atoms with Crippen LogP contribution in [0.15, 0.2) is 18.2 Å². The molecule has 126 valence electrons. The highest BCUT2D eigenvalue weighted by Crippen LogP contribution is 2.23. The van der Waals surface area contributed by atoms with Gasteiger partial charge in [0.2, 0.25) is 5.91 Å². The minimum atomic E-state index is -0.482. The molecule has 1 heterocycles. The molecular formula is C17H23ClN2O3. The van der Waals surface area contributed by atoms with Gasteiger partial charge in [-0.1, -0.05) is 25.4 Å². The van der Waals surface area contributed by atoms with Crippen molar-refractivity contribution in [1.82, 2.24) is 4.90 Å². The molecule has 1 saturated heterocycles. The SMILES string of the molecule is Cc1cc(Cl)ccc1NC(=O)C1CCCN1C(=O)OCC(C)C. The first-order chi connectivity index (χ1) is 10.9. The summed E-state index contributed by atoms with van der Waals surface area (Å²) in [7, 11) is 0. The molecule has 1 N–H and O–H groups in total. The van der Waals surface area contributed by atoms with E-state index in [1.54, 1.807) is 18.2 Å². The Morgan fingerprint density at radius 1 is 1.43 bits per heavy atom. The van der Waals surface area contributed by atoms with Crippen molar-refractivity contribution in [2.45, 2.75) is 39.7 Å². The fourth-order valence-electron chi connectivity index (χ4n) is 2.56. The van der Waals surface area contributed by atoms with Gasteiger partial charge < -0.3 is 10.1 Å². The van der Waals surface area contributed by atoms with E-state index >= 15 is 0 Å². The maximum absolute atomic E-state index is 12.5. The van der Waals surface area contributed by atoms with E-state index < -0.39 is 12.1 Å². The number of rotatable bonds is 4. The summed E-state index contributed by atoms with van der Waals surface area (Å²) >= 11 is 5.92. The van der Waals surface area contributed by atoms with Crippen molar-refractivity contribution >= 4 is 29.3 Å². The number of ether oxygens (including phenoxy) is 1. The second-order valence-electron chi connectivity index (χ2n) is 6.27. The molecule has 1 atom stereocenters. The summed E-state index contributed by atoms with van der Waals surface area (Å²) in [5.74, 6) is 0.0833. The van der Waals surface area contributed by atoms with E-state index in [4.69, 9.17) is 16.3 Å². The number of anilines is 1. The molecular weight excluding hydrogens is 316 g/mol. The van der Waals surface area contributed by atoms with Crippen LogP contribution >= 0.6 is 11.6 Å². The highest BCUT2D eigenvalue weighted by atomic mass is 35.5.